The second-order valence-corrected chi connectivity index (χ2v) is 5.15. The topological polar surface area (TPSA) is 27.8 Å². The molecule has 0 aliphatic carbocycles. The van der Waals surface area contributed by atoms with Crippen molar-refractivity contribution in [2.75, 3.05) is 0 Å². The molecule has 1 heterocycles. The largest absolute Gasteiger partial charge is 0.361 e. The Morgan fingerprint density at radius 2 is 1.90 bits per heavy atom. The molecule has 3 rings (SSSR count). The molecule has 20 heavy (non-hydrogen) atoms. The number of nitrogens with one attached hydrogen (secondary N) is 2. The van der Waals surface area contributed by atoms with Gasteiger partial charge in [0.25, 0.3) is 0 Å². The summed E-state index contributed by atoms with van der Waals surface area (Å²) in [6, 6.07) is 19.8. The molecule has 2 N–H and O–H groups in total. The maximum absolute atomic E-state index is 3.65. The van der Waals surface area contributed by atoms with Crippen LogP contribution in [-0.2, 0) is 6.54 Å². The van der Waals surface area contributed by atoms with Crippen molar-refractivity contribution in [3.63, 3.8) is 0 Å². The number of fused-ring (bicyclic) bond motifs is 1. The minimum Gasteiger partial charge on any atom is -0.361 e. The number of rotatable bonds is 5. The summed E-state index contributed by atoms with van der Waals surface area (Å²) in [5, 5.41) is 4.92. The third kappa shape index (κ3) is 2.75. The lowest BCUT2D eigenvalue weighted by molar-refractivity contribution is 0.519. The molecule has 0 fully saturated rings. The van der Waals surface area contributed by atoms with Crippen LogP contribution in [0.15, 0.2) is 60.8 Å². The van der Waals surface area contributed by atoms with Gasteiger partial charge in [-0.3, -0.25) is 0 Å². The molecular formula is C18H20N2. The zero-order valence-corrected chi connectivity index (χ0v) is 11.8. The molecule has 0 saturated heterocycles. The molecule has 0 aliphatic heterocycles. The molecule has 1 atom stereocenters. The normalized spacial score (nSPS) is 12.7. The first-order valence-corrected chi connectivity index (χ1v) is 7.21. The van der Waals surface area contributed by atoms with Crippen molar-refractivity contribution in [3.05, 3.63) is 71.9 Å². The van der Waals surface area contributed by atoms with Gasteiger partial charge in [-0.15, -0.1) is 0 Å². The number of benzene rings is 2. The molecule has 0 amide bonds. The summed E-state index contributed by atoms with van der Waals surface area (Å²) in [7, 11) is 0. The van der Waals surface area contributed by atoms with E-state index in [9.17, 15) is 0 Å². The van der Waals surface area contributed by atoms with Gasteiger partial charge in [-0.05, 0) is 41.1 Å². The minimum atomic E-state index is 0.415. The summed E-state index contributed by atoms with van der Waals surface area (Å²) in [6.45, 7) is 3.12. The summed E-state index contributed by atoms with van der Waals surface area (Å²) >= 11 is 0. The minimum absolute atomic E-state index is 0.415. The Hall–Kier alpha value is -2.06. The maximum atomic E-state index is 3.65. The van der Waals surface area contributed by atoms with Crippen LogP contribution in [0.4, 0.5) is 0 Å². The average Bonchev–Trinajstić information content (AvgIpc) is 2.96. The van der Waals surface area contributed by atoms with E-state index in [0.29, 0.717) is 6.04 Å². The molecule has 0 bridgehead atoms. The Kier molecular flexibility index (Phi) is 3.84. The zero-order chi connectivity index (χ0) is 13.8. The van der Waals surface area contributed by atoms with Gasteiger partial charge in [0.2, 0.25) is 0 Å². The Morgan fingerprint density at radius 3 is 2.70 bits per heavy atom. The number of hydrogen-bond acceptors (Lipinski definition) is 1. The molecule has 0 saturated carbocycles. The molecule has 0 aliphatic rings. The van der Waals surface area contributed by atoms with E-state index in [2.05, 4.69) is 71.8 Å². The Bertz CT molecular complexity index is 670. The summed E-state index contributed by atoms with van der Waals surface area (Å²) in [6.07, 6.45) is 3.08. The van der Waals surface area contributed by atoms with Gasteiger partial charge in [0, 0.05) is 24.3 Å². The van der Waals surface area contributed by atoms with E-state index >= 15 is 0 Å². The van der Waals surface area contributed by atoms with Crippen LogP contribution in [0.5, 0.6) is 0 Å². The van der Waals surface area contributed by atoms with Crippen molar-refractivity contribution in [2.45, 2.75) is 25.9 Å². The van der Waals surface area contributed by atoms with Crippen LogP contribution in [0.3, 0.4) is 0 Å². The fourth-order valence-corrected chi connectivity index (χ4v) is 2.64. The molecule has 102 valence electrons. The summed E-state index contributed by atoms with van der Waals surface area (Å²) in [5.41, 5.74) is 3.88. The highest BCUT2D eigenvalue weighted by atomic mass is 14.9. The van der Waals surface area contributed by atoms with Crippen molar-refractivity contribution in [3.8, 4) is 0 Å². The highest BCUT2D eigenvalue weighted by molar-refractivity contribution is 5.79. The predicted octanol–water partition coefficient (Wildman–Crippen LogP) is 4.41. The first kappa shape index (κ1) is 12.9. The lowest BCUT2D eigenvalue weighted by Crippen LogP contribution is -2.20. The van der Waals surface area contributed by atoms with Gasteiger partial charge in [0.15, 0.2) is 0 Å². The molecule has 0 radical (unpaired) electrons. The van der Waals surface area contributed by atoms with Gasteiger partial charge in [-0.2, -0.15) is 0 Å². The first-order valence-electron chi connectivity index (χ1n) is 7.21. The molecule has 2 nitrogen and oxygen atoms in total. The highest BCUT2D eigenvalue weighted by Crippen LogP contribution is 2.18. The lowest BCUT2D eigenvalue weighted by Gasteiger charge is -2.17. The number of hydrogen-bond donors (Lipinski definition) is 2. The average molecular weight is 264 g/mol. The second kappa shape index (κ2) is 5.93. The van der Waals surface area contributed by atoms with E-state index in [-0.39, 0.29) is 0 Å². The van der Waals surface area contributed by atoms with Crippen molar-refractivity contribution >= 4 is 10.9 Å². The van der Waals surface area contributed by atoms with E-state index < -0.39 is 0 Å². The Morgan fingerprint density at radius 1 is 1.05 bits per heavy atom. The van der Waals surface area contributed by atoms with Crippen LogP contribution in [-0.4, -0.2) is 4.98 Å². The third-order valence-electron chi connectivity index (χ3n) is 3.78. The summed E-state index contributed by atoms with van der Waals surface area (Å²) < 4.78 is 0. The van der Waals surface area contributed by atoms with Crippen molar-refractivity contribution < 1.29 is 0 Å². The predicted molar refractivity (Wildman–Crippen MR) is 84.6 cm³/mol. The molecular weight excluding hydrogens is 244 g/mol. The fraction of sp³-hybridized carbons (Fsp3) is 0.222. The van der Waals surface area contributed by atoms with Crippen LogP contribution in [0.1, 0.15) is 30.5 Å². The van der Waals surface area contributed by atoms with Crippen molar-refractivity contribution in [2.24, 2.45) is 0 Å². The Labute approximate surface area is 119 Å². The Balaban J connectivity index is 1.71. The summed E-state index contributed by atoms with van der Waals surface area (Å²) in [5.74, 6) is 0. The second-order valence-electron chi connectivity index (χ2n) is 5.15. The van der Waals surface area contributed by atoms with Crippen LogP contribution in [0, 0.1) is 0 Å². The molecule has 1 unspecified atom stereocenters. The highest BCUT2D eigenvalue weighted by Gasteiger charge is 2.08. The molecule has 2 heteroatoms. The SMILES string of the molecule is CCC(NCc1ccc2[nH]ccc2c1)c1ccccc1. The number of aromatic amines is 1. The first-order chi connectivity index (χ1) is 9.86. The van der Waals surface area contributed by atoms with E-state index in [1.54, 1.807) is 0 Å². The molecule has 1 aromatic heterocycles. The van der Waals surface area contributed by atoms with Crippen molar-refractivity contribution in [1.29, 1.82) is 0 Å². The van der Waals surface area contributed by atoms with Crippen LogP contribution in [0.25, 0.3) is 10.9 Å². The van der Waals surface area contributed by atoms with E-state index in [1.165, 1.54) is 22.0 Å². The van der Waals surface area contributed by atoms with E-state index in [0.717, 1.165) is 13.0 Å². The van der Waals surface area contributed by atoms with Gasteiger partial charge >= 0.3 is 0 Å². The number of aromatic nitrogens is 1. The van der Waals surface area contributed by atoms with Crippen molar-refractivity contribution in [1.82, 2.24) is 10.3 Å². The van der Waals surface area contributed by atoms with Crippen LogP contribution < -0.4 is 5.32 Å². The molecule has 3 aromatic rings. The van der Waals surface area contributed by atoms with Gasteiger partial charge in [0.05, 0.1) is 0 Å². The fourth-order valence-electron chi connectivity index (χ4n) is 2.64. The van der Waals surface area contributed by atoms with Gasteiger partial charge in [0.1, 0.15) is 0 Å². The lowest BCUT2D eigenvalue weighted by atomic mass is 10.0. The van der Waals surface area contributed by atoms with E-state index in [1.807, 2.05) is 6.20 Å². The molecule has 0 spiro atoms. The molecule has 2 aromatic carbocycles. The van der Waals surface area contributed by atoms with Crippen LogP contribution >= 0.6 is 0 Å². The van der Waals surface area contributed by atoms with Gasteiger partial charge in [-0.1, -0.05) is 43.3 Å². The van der Waals surface area contributed by atoms with Gasteiger partial charge < -0.3 is 10.3 Å². The van der Waals surface area contributed by atoms with Crippen LogP contribution in [0.2, 0.25) is 0 Å². The quantitative estimate of drug-likeness (QED) is 0.702. The number of H-pyrrole nitrogens is 1. The zero-order valence-electron chi connectivity index (χ0n) is 11.8. The third-order valence-corrected chi connectivity index (χ3v) is 3.78. The maximum Gasteiger partial charge on any atom is 0.0454 e. The monoisotopic (exact) mass is 264 g/mol. The van der Waals surface area contributed by atoms with Gasteiger partial charge in [-0.25, -0.2) is 0 Å². The smallest absolute Gasteiger partial charge is 0.0454 e. The van der Waals surface area contributed by atoms with E-state index in [4.69, 9.17) is 0 Å². The standard InChI is InChI=1S/C18H20N2/c1-2-17(15-6-4-3-5-7-15)20-13-14-8-9-18-16(12-14)10-11-19-18/h3-12,17,19-20H,2,13H2,1H3. The summed E-state index contributed by atoms with van der Waals surface area (Å²) in [4.78, 5) is 3.23.